The Morgan fingerprint density at radius 2 is 1.23 bits per heavy atom. The van der Waals surface area contributed by atoms with Gasteiger partial charge >= 0.3 is 11.9 Å². The summed E-state index contributed by atoms with van der Waals surface area (Å²) in [4.78, 5) is 22.7. The minimum Gasteiger partial charge on any atom is -0.463 e. The molecule has 0 radical (unpaired) electrons. The molecule has 0 heterocycles. The van der Waals surface area contributed by atoms with Crippen molar-refractivity contribution in [2.75, 3.05) is 19.1 Å². The highest BCUT2D eigenvalue weighted by molar-refractivity contribution is 6.17. The second kappa shape index (κ2) is 16.3. The van der Waals surface area contributed by atoms with E-state index in [4.69, 9.17) is 21.1 Å². The van der Waals surface area contributed by atoms with Gasteiger partial charge in [0, 0.05) is 18.0 Å². The minimum absolute atomic E-state index is 0.393. The minimum atomic E-state index is -0.493. The molecule has 0 atom stereocenters. The third-order valence-electron chi connectivity index (χ3n) is 3.12. The van der Waals surface area contributed by atoms with Gasteiger partial charge in [0.05, 0.1) is 13.2 Å². The highest BCUT2D eigenvalue weighted by atomic mass is 35.5. The topological polar surface area (TPSA) is 52.6 Å². The summed E-state index contributed by atoms with van der Waals surface area (Å²) in [5.74, 6) is -0.259. The molecular weight excluding hydrogens is 304 g/mol. The Morgan fingerprint density at radius 3 is 1.73 bits per heavy atom. The van der Waals surface area contributed by atoms with Gasteiger partial charge in [0.2, 0.25) is 0 Å². The smallest absolute Gasteiger partial charge is 0.331 e. The van der Waals surface area contributed by atoms with Crippen LogP contribution in [0, 0.1) is 0 Å². The van der Waals surface area contributed by atoms with Crippen molar-refractivity contribution in [1.82, 2.24) is 0 Å². The number of esters is 2. The summed E-state index contributed by atoms with van der Waals surface area (Å²) in [6.45, 7) is 2.87. The van der Waals surface area contributed by atoms with E-state index in [1.165, 1.54) is 6.42 Å². The Balaban J connectivity index is 3.47. The summed E-state index contributed by atoms with van der Waals surface area (Å²) in [6.07, 6.45) is 11.6. The number of halogens is 1. The molecule has 0 rings (SSSR count). The van der Waals surface area contributed by atoms with Crippen LogP contribution in [0.1, 0.15) is 64.7 Å². The van der Waals surface area contributed by atoms with E-state index in [2.05, 4.69) is 6.92 Å². The zero-order chi connectivity index (χ0) is 16.5. The number of alkyl halides is 1. The van der Waals surface area contributed by atoms with Crippen molar-refractivity contribution in [3.63, 3.8) is 0 Å². The Morgan fingerprint density at radius 1 is 0.773 bits per heavy atom. The van der Waals surface area contributed by atoms with Crippen LogP contribution in [0.15, 0.2) is 12.2 Å². The Labute approximate surface area is 139 Å². The molecule has 0 aromatic heterocycles. The van der Waals surface area contributed by atoms with Gasteiger partial charge in [-0.15, -0.1) is 11.6 Å². The predicted octanol–water partition coefficient (Wildman–Crippen LogP) is 4.40. The standard InChI is InChI=1S/C17H29ClO4/c1-2-3-9-14-21-16(19)11-12-17(20)22-15-10-7-5-4-6-8-13-18/h11-12H,2-10,13-15H2,1H3/b12-11+. The lowest BCUT2D eigenvalue weighted by Gasteiger charge is -2.02. The molecule has 4 nitrogen and oxygen atoms in total. The summed E-state index contributed by atoms with van der Waals surface area (Å²) >= 11 is 5.60. The first-order chi connectivity index (χ1) is 10.7. The first-order valence-electron chi connectivity index (χ1n) is 8.28. The zero-order valence-corrected chi connectivity index (χ0v) is 14.4. The van der Waals surface area contributed by atoms with Gasteiger partial charge in [-0.05, 0) is 19.3 Å². The van der Waals surface area contributed by atoms with E-state index in [1.807, 2.05) is 0 Å². The molecular formula is C17H29ClO4. The first-order valence-corrected chi connectivity index (χ1v) is 8.81. The zero-order valence-electron chi connectivity index (χ0n) is 13.7. The molecule has 0 saturated carbocycles. The van der Waals surface area contributed by atoms with Crippen molar-refractivity contribution in [3.8, 4) is 0 Å². The maximum Gasteiger partial charge on any atom is 0.331 e. The third-order valence-corrected chi connectivity index (χ3v) is 3.39. The van der Waals surface area contributed by atoms with Crippen LogP contribution in [-0.2, 0) is 19.1 Å². The summed E-state index contributed by atoms with van der Waals surface area (Å²) in [6, 6.07) is 0. The number of carbonyl (C=O) groups excluding carboxylic acids is 2. The normalized spacial score (nSPS) is 10.8. The van der Waals surface area contributed by atoms with Crippen LogP contribution in [-0.4, -0.2) is 31.0 Å². The lowest BCUT2D eigenvalue weighted by Crippen LogP contribution is -2.06. The lowest BCUT2D eigenvalue weighted by atomic mass is 10.1. The van der Waals surface area contributed by atoms with Crippen LogP contribution >= 0.6 is 11.6 Å². The van der Waals surface area contributed by atoms with Crippen molar-refractivity contribution in [1.29, 1.82) is 0 Å². The van der Waals surface area contributed by atoms with Crippen LogP contribution in [0.2, 0.25) is 0 Å². The fraction of sp³-hybridized carbons (Fsp3) is 0.765. The van der Waals surface area contributed by atoms with Gasteiger partial charge in [-0.25, -0.2) is 9.59 Å². The van der Waals surface area contributed by atoms with Crippen LogP contribution < -0.4 is 0 Å². The van der Waals surface area contributed by atoms with Crippen LogP contribution in [0.3, 0.4) is 0 Å². The van der Waals surface area contributed by atoms with E-state index >= 15 is 0 Å². The molecule has 0 N–H and O–H groups in total. The molecule has 0 saturated heterocycles. The van der Waals surface area contributed by atoms with Gasteiger partial charge in [-0.1, -0.05) is 45.4 Å². The largest absolute Gasteiger partial charge is 0.463 e. The van der Waals surface area contributed by atoms with Gasteiger partial charge < -0.3 is 9.47 Å². The van der Waals surface area contributed by atoms with E-state index in [-0.39, 0.29) is 0 Å². The van der Waals surface area contributed by atoms with Gasteiger partial charge in [-0.2, -0.15) is 0 Å². The third kappa shape index (κ3) is 15.4. The van der Waals surface area contributed by atoms with E-state index in [1.54, 1.807) is 0 Å². The van der Waals surface area contributed by atoms with Gasteiger partial charge in [-0.3, -0.25) is 0 Å². The number of rotatable bonds is 14. The second-order valence-electron chi connectivity index (χ2n) is 5.19. The molecule has 0 unspecified atom stereocenters. The molecule has 0 aromatic rings. The highest BCUT2D eigenvalue weighted by Crippen LogP contribution is 2.06. The van der Waals surface area contributed by atoms with E-state index in [0.29, 0.717) is 13.2 Å². The molecule has 0 amide bonds. The van der Waals surface area contributed by atoms with Crippen LogP contribution in [0.25, 0.3) is 0 Å². The second-order valence-corrected chi connectivity index (χ2v) is 5.56. The summed E-state index contributed by atoms with van der Waals surface area (Å²) in [7, 11) is 0. The Kier molecular flexibility index (Phi) is 15.6. The molecule has 0 aromatic carbocycles. The Hall–Kier alpha value is -1.03. The van der Waals surface area contributed by atoms with Crippen molar-refractivity contribution in [2.24, 2.45) is 0 Å². The van der Waals surface area contributed by atoms with E-state index in [9.17, 15) is 9.59 Å². The molecule has 22 heavy (non-hydrogen) atoms. The quantitative estimate of drug-likeness (QED) is 0.205. The summed E-state index contributed by atoms with van der Waals surface area (Å²) in [5.41, 5.74) is 0. The maximum atomic E-state index is 11.4. The first kappa shape index (κ1) is 21.0. The lowest BCUT2D eigenvalue weighted by molar-refractivity contribution is -0.140. The van der Waals surface area contributed by atoms with Crippen molar-refractivity contribution in [3.05, 3.63) is 12.2 Å². The highest BCUT2D eigenvalue weighted by Gasteiger charge is 2.01. The van der Waals surface area contributed by atoms with Gasteiger partial charge in [0.25, 0.3) is 0 Å². The summed E-state index contributed by atoms with van der Waals surface area (Å²) in [5, 5.41) is 0. The number of ether oxygens (including phenoxy) is 2. The van der Waals surface area contributed by atoms with Crippen LogP contribution in [0.5, 0.6) is 0 Å². The molecule has 0 aliphatic rings. The van der Waals surface area contributed by atoms with Crippen molar-refractivity contribution < 1.29 is 19.1 Å². The molecule has 0 fully saturated rings. The van der Waals surface area contributed by atoms with Gasteiger partial charge in [0.1, 0.15) is 0 Å². The fourth-order valence-electron chi connectivity index (χ4n) is 1.83. The number of unbranched alkanes of at least 4 members (excludes halogenated alkanes) is 7. The molecule has 128 valence electrons. The van der Waals surface area contributed by atoms with Crippen molar-refractivity contribution >= 4 is 23.5 Å². The van der Waals surface area contributed by atoms with E-state index in [0.717, 1.165) is 69.4 Å². The SMILES string of the molecule is CCCCCOC(=O)/C=C/C(=O)OCCCCCCCCCl. The van der Waals surface area contributed by atoms with Crippen LogP contribution in [0.4, 0.5) is 0 Å². The predicted molar refractivity (Wildman–Crippen MR) is 89.0 cm³/mol. The van der Waals surface area contributed by atoms with Crippen molar-refractivity contribution in [2.45, 2.75) is 64.7 Å². The molecule has 0 aliphatic carbocycles. The molecule has 0 aliphatic heterocycles. The molecule has 0 spiro atoms. The molecule has 0 bridgehead atoms. The monoisotopic (exact) mass is 332 g/mol. The fourth-order valence-corrected chi connectivity index (χ4v) is 2.02. The molecule has 5 heteroatoms. The number of hydrogen-bond acceptors (Lipinski definition) is 4. The average Bonchev–Trinajstić information content (AvgIpc) is 2.52. The van der Waals surface area contributed by atoms with Gasteiger partial charge in [0.15, 0.2) is 0 Å². The number of carbonyl (C=O) groups is 2. The Bertz CT molecular complexity index is 316. The number of hydrogen-bond donors (Lipinski definition) is 0. The van der Waals surface area contributed by atoms with E-state index < -0.39 is 11.9 Å². The summed E-state index contributed by atoms with van der Waals surface area (Å²) < 4.78 is 9.95. The maximum absolute atomic E-state index is 11.4. The average molecular weight is 333 g/mol.